The Labute approximate surface area is 119 Å². The highest BCUT2D eigenvalue weighted by Gasteiger charge is 2.10. The molecule has 1 heterocycles. The summed E-state index contributed by atoms with van der Waals surface area (Å²) in [4.78, 5) is 30.5. The van der Waals surface area contributed by atoms with Crippen LogP contribution in [0.15, 0.2) is 18.3 Å². The molecule has 0 bridgehead atoms. The van der Waals surface area contributed by atoms with Gasteiger partial charge < -0.3 is 14.5 Å². The first-order valence-corrected chi connectivity index (χ1v) is 6.41. The largest absolute Gasteiger partial charge is 0.469 e. The quantitative estimate of drug-likeness (QED) is 0.732. The van der Waals surface area contributed by atoms with Crippen LogP contribution in [0.3, 0.4) is 0 Å². The van der Waals surface area contributed by atoms with E-state index in [0.29, 0.717) is 24.9 Å². The highest BCUT2D eigenvalue weighted by Crippen LogP contribution is 2.11. The molecule has 0 spiro atoms. The molecule has 0 aliphatic carbocycles. The predicted octanol–water partition coefficient (Wildman–Crippen LogP) is 1.17. The number of amides is 1. The Hall–Kier alpha value is -2.11. The number of hydrogen-bond acceptors (Lipinski definition) is 5. The second kappa shape index (κ2) is 7.47. The molecule has 0 saturated heterocycles. The summed E-state index contributed by atoms with van der Waals surface area (Å²) in [5, 5.41) is 0. The van der Waals surface area contributed by atoms with Gasteiger partial charge in [-0.2, -0.15) is 0 Å². The number of hydrogen-bond donors (Lipinski definition) is 0. The van der Waals surface area contributed by atoms with Gasteiger partial charge in [-0.25, -0.2) is 4.98 Å². The van der Waals surface area contributed by atoms with E-state index in [4.69, 9.17) is 0 Å². The Morgan fingerprint density at radius 2 is 1.95 bits per heavy atom. The van der Waals surface area contributed by atoms with E-state index in [2.05, 4.69) is 9.72 Å². The van der Waals surface area contributed by atoms with Gasteiger partial charge in [-0.15, -0.1) is 0 Å². The van der Waals surface area contributed by atoms with Crippen LogP contribution < -0.4 is 4.90 Å². The van der Waals surface area contributed by atoms with E-state index in [1.807, 2.05) is 11.9 Å². The molecule has 0 aromatic carbocycles. The summed E-state index contributed by atoms with van der Waals surface area (Å²) in [5.41, 5.74) is 0.557. The van der Waals surface area contributed by atoms with Gasteiger partial charge in [0.15, 0.2) is 0 Å². The first-order valence-electron chi connectivity index (χ1n) is 6.41. The molecule has 0 aliphatic heterocycles. The minimum atomic E-state index is -0.210. The Morgan fingerprint density at radius 3 is 2.45 bits per heavy atom. The Balaban J connectivity index is 2.55. The zero-order valence-electron chi connectivity index (χ0n) is 12.4. The van der Waals surface area contributed by atoms with Gasteiger partial charge in [0, 0.05) is 40.3 Å². The van der Waals surface area contributed by atoms with Crippen molar-refractivity contribution in [1.29, 1.82) is 0 Å². The van der Waals surface area contributed by atoms with Gasteiger partial charge in [-0.1, -0.05) is 0 Å². The monoisotopic (exact) mass is 279 g/mol. The van der Waals surface area contributed by atoms with Gasteiger partial charge in [0.05, 0.1) is 12.7 Å². The number of esters is 1. The molecule has 1 rings (SSSR count). The third-order valence-corrected chi connectivity index (χ3v) is 2.89. The number of anilines is 1. The van der Waals surface area contributed by atoms with Gasteiger partial charge >= 0.3 is 5.97 Å². The second-order valence-corrected chi connectivity index (χ2v) is 4.71. The van der Waals surface area contributed by atoms with Crippen molar-refractivity contribution in [3.05, 3.63) is 23.9 Å². The van der Waals surface area contributed by atoms with Crippen LogP contribution in [-0.2, 0) is 9.53 Å². The zero-order chi connectivity index (χ0) is 15.1. The van der Waals surface area contributed by atoms with Gasteiger partial charge in [0.25, 0.3) is 5.91 Å². The van der Waals surface area contributed by atoms with E-state index in [1.165, 1.54) is 12.0 Å². The molecule has 1 aromatic heterocycles. The van der Waals surface area contributed by atoms with Gasteiger partial charge in [-0.3, -0.25) is 9.59 Å². The van der Waals surface area contributed by atoms with Crippen molar-refractivity contribution in [2.45, 2.75) is 12.8 Å². The first-order chi connectivity index (χ1) is 9.45. The molecule has 110 valence electrons. The topological polar surface area (TPSA) is 62.7 Å². The second-order valence-electron chi connectivity index (χ2n) is 4.71. The summed E-state index contributed by atoms with van der Waals surface area (Å²) in [7, 11) is 6.69. The van der Waals surface area contributed by atoms with E-state index < -0.39 is 0 Å². The summed E-state index contributed by atoms with van der Waals surface area (Å²) in [6, 6.07) is 3.55. The smallest absolute Gasteiger partial charge is 0.305 e. The molecule has 0 saturated carbocycles. The van der Waals surface area contributed by atoms with Gasteiger partial charge in [-0.05, 0) is 18.6 Å². The van der Waals surface area contributed by atoms with Crippen LogP contribution >= 0.6 is 0 Å². The molecule has 6 nitrogen and oxygen atoms in total. The zero-order valence-corrected chi connectivity index (χ0v) is 12.4. The fraction of sp³-hybridized carbons (Fsp3) is 0.500. The Bertz CT molecular complexity index is 457. The lowest BCUT2D eigenvalue weighted by Crippen LogP contribution is -2.23. The lowest BCUT2D eigenvalue weighted by molar-refractivity contribution is -0.140. The third kappa shape index (κ3) is 4.53. The molecule has 6 heteroatoms. The number of ether oxygens (including phenoxy) is 1. The van der Waals surface area contributed by atoms with Crippen LogP contribution in [0.4, 0.5) is 5.82 Å². The number of methoxy groups -OCH3 is 1. The number of carbonyl (C=O) groups excluding carboxylic acids is 2. The lowest BCUT2D eigenvalue weighted by Gasteiger charge is -2.18. The molecule has 1 aromatic rings. The number of pyridine rings is 1. The van der Waals surface area contributed by atoms with Crippen molar-refractivity contribution in [2.75, 3.05) is 39.7 Å². The van der Waals surface area contributed by atoms with Crippen LogP contribution in [0.25, 0.3) is 0 Å². The van der Waals surface area contributed by atoms with Crippen LogP contribution in [-0.4, -0.2) is 56.6 Å². The Kier molecular flexibility index (Phi) is 5.96. The summed E-state index contributed by atoms with van der Waals surface area (Å²) in [5.74, 6) is 0.487. The Morgan fingerprint density at radius 1 is 1.25 bits per heavy atom. The lowest BCUT2D eigenvalue weighted by atomic mass is 10.2. The van der Waals surface area contributed by atoms with Crippen molar-refractivity contribution in [1.82, 2.24) is 9.88 Å². The number of nitrogens with zero attached hydrogens (tertiary/aromatic N) is 3. The molecule has 1 amide bonds. The summed E-state index contributed by atoms with van der Waals surface area (Å²) in [6.45, 7) is 0.697. The summed E-state index contributed by atoms with van der Waals surface area (Å²) < 4.78 is 4.59. The number of rotatable bonds is 6. The minimum Gasteiger partial charge on any atom is -0.469 e. The average Bonchev–Trinajstić information content (AvgIpc) is 2.46. The van der Waals surface area contributed by atoms with Crippen LogP contribution in [0.1, 0.15) is 23.2 Å². The van der Waals surface area contributed by atoms with Crippen molar-refractivity contribution in [3.63, 3.8) is 0 Å². The van der Waals surface area contributed by atoms with Crippen molar-refractivity contribution in [2.24, 2.45) is 0 Å². The maximum atomic E-state index is 11.7. The fourth-order valence-electron chi connectivity index (χ4n) is 1.67. The van der Waals surface area contributed by atoms with E-state index in [1.54, 1.807) is 32.4 Å². The molecular weight excluding hydrogens is 258 g/mol. The maximum absolute atomic E-state index is 11.7. The van der Waals surface area contributed by atoms with Gasteiger partial charge in [0.1, 0.15) is 5.82 Å². The molecule has 0 radical (unpaired) electrons. The molecule has 20 heavy (non-hydrogen) atoms. The molecule has 0 atom stereocenters. The van der Waals surface area contributed by atoms with Gasteiger partial charge in [0.2, 0.25) is 0 Å². The minimum absolute atomic E-state index is 0.0719. The van der Waals surface area contributed by atoms with Crippen molar-refractivity contribution in [3.8, 4) is 0 Å². The molecular formula is C14H21N3O3. The third-order valence-electron chi connectivity index (χ3n) is 2.89. The summed E-state index contributed by atoms with van der Waals surface area (Å²) >= 11 is 0. The highest BCUT2D eigenvalue weighted by atomic mass is 16.5. The highest BCUT2D eigenvalue weighted by molar-refractivity contribution is 5.93. The first kappa shape index (κ1) is 15.9. The molecule has 0 N–H and O–H groups in total. The predicted molar refractivity (Wildman–Crippen MR) is 76.8 cm³/mol. The normalized spacial score (nSPS) is 10.0. The molecule has 0 fully saturated rings. The van der Waals surface area contributed by atoms with Crippen molar-refractivity contribution >= 4 is 17.7 Å². The fourth-order valence-corrected chi connectivity index (χ4v) is 1.67. The standard InChI is InChI=1S/C14H21N3O3/c1-16(2)14(19)11-7-8-12(15-10-11)17(3)9-5-6-13(18)20-4/h7-8,10H,5-6,9H2,1-4H3. The maximum Gasteiger partial charge on any atom is 0.305 e. The average molecular weight is 279 g/mol. The van der Waals surface area contributed by atoms with Crippen LogP contribution in [0, 0.1) is 0 Å². The SMILES string of the molecule is COC(=O)CCCN(C)c1ccc(C(=O)N(C)C)cn1. The number of aromatic nitrogens is 1. The van der Waals surface area contributed by atoms with E-state index >= 15 is 0 Å². The van der Waals surface area contributed by atoms with Crippen LogP contribution in [0.5, 0.6) is 0 Å². The van der Waals surface area contributed by atoms with E-state index in [-0.39, 0.29) is 11.9 Å². The number of carbonyl (C=O) groups is 2. The summed E-state index contributed by atoms with van der Waals surface area (Å²) in [6.07, 6.45) is 2.65. The molecule has 0 aliphatic rings. The van der Waals surface area contributed by atoms with Crippen molar-refractivity contribution < 1.29 is 14.3 Å². The van der Waals surface area contributed by atoms with E-state index in [9.17, 15) is 9.59 Å². The van der Waals surface area contributed by atoms with Crippen LogP contribution in [0.2, 0.25) is 0 Å². The van der Waals surface area contributed by atoms with E-state index in [0.717, 1.165) is 5.82 Å². The molecule has 0 unspecified atom stereocenters.